The van der Waals surface area contributed by atoms with Crippen LogP contribution in [0, 0.1) is 5.92 Å². The maximum atomic E-state index is 12.1. The van der Waals surface area contributed by atoms with Crippen molar-refractivity contribution in [3.8, 4) is 0 Å². The summed E-state index contributed by atoms with van der Waals surface area (Å²) in [4.78, 5) is 27.7. The number of ether oxygens (including phenoxy) is 1. The SMILES string of the molecule is CC(=O)N1CCN(Cc2ccc(NC(=O)CCO[C@@H](C)CC(C)C)cc2)CC1. The molecule has 0 bridgehead atoms. The number of nitrogens with one attached hydrogen (secondary N) is 1. The van der Waals surface area contributed by atoms with E-state index in [1.165, 1.54) is 5.56 Å². The number of amides is 2. The number of carbonyl (C=O) groups is 2. The molecule has 28 heavy (non-hydrogen) atoms. The summed E-state index contributed by atoms with van der Waals surface area (Å²) in [7, 11) is 0. The second-order valence-electron chi connectivity index (χ2n) is 8.09. The first kappa shape index (κ1) is 22.4. The van der Waals surface area contributed by atoms with Gasteiger partial charge in [-0.15, -0.1) is 0 Å². The van der Waals surface area contributed by atoms with Crippen LogP contribution in [0.2, 0.25) is 0 Å². The van der Waals surface area contributed by atoms with Crippen LogP contribution in [0.1, 0.15) is 46.1 Å². The Labute approximate surface area is 169 Å². The molecule has 1 aromatic rings. The van der Waals surface area contributed by atoms with E-state index in [4.69, 9.17) is 4.74 Å². The number of carbonyl (C=O) groups excluding carboxylic acids is 2. The van der Waals surface area contributed by atoms with Gasteiger partial charge < -0.3 is 15.0 Å². The highest BCUT2D eigenvalue weighted by Gasteiger charge is 2.18. The van der Waals surface area contributed by atoms with E-state index in [1.54, 1.807) is 6.92 Å². The molecule has 1 heterocycles. The van der Waals surface area contributed by atoms with E-state index in [0.29, 0.717) is 18.9 Å². The quantitative estimate of drug-likeness (QED) is 0.705. The van der Waals surface area contributed by atoms with Gasteiger partial charge in [-0.1, -0.05) is 26.0 Å². The average Bonchev–Trinajstić information content (AvgIpc) is 2.63. The van der Waals surface area contributed by atoms with E-state index in [2.05, 4.69) is 31.0 Å². The van der Waals surface area contributed by atoms with Crippen molar-refractivity contribution in [1.82, 2.24) is 9.80 Å². The zero-order valence-corrected chi connectivity index (χ0v) is 17.7. The van der Waals surface area contributed by atoms with Crippen LogP contribution in [0.5, 0.6) is 0 Å². The summed E-state index contributed by atoms with van der Waals surface area (Å²) in [6.45, 7) is 12.7. The molecule has 156 valence electrons. The summed E-state index contributed by atoms with van der Waals surface area (Å²) in [5.74, 6) is 0.727. The fourth-order valence-corrected chi connectivity index (χ4v) is 3.48. The van der Waals surface area contributed by atoms with E-state index in [9.17, 15) is 9.59 Å². The van der Waals surface area contributed by atoms with E-state index < -0.39 is 0 Å². The fourth-order valence-electron chi connectivity index (χ4n) is 3.48. The molecular formula is C22H35N3O3. The van der Waals surface area contributed by atoms with Crippen molar-refractivity contribution in [3.05, 3.63) is 29.8 Å². The number of nitrogens with zero attached hydrogens (tertiary/aromatic N) is 2. The molecule has 1 atom stereocenters. The van der Waals surface area contributed by atoms with Gasteiger partial charge in [0.15, 0.2) is 0 Å². The largest absolute Gasteiger partial charge is 0.378 e. The molecule has 0 unspecified atom stereocenters. The summed E-state index contributed by atoms with van der Waals surface area (Å²) < 4.78 is 5.70. The van der Waals surface area contributed by atoms with Crippen molar-refractivity contribution in [2.24, 2.45) is 5.92 Å². The zero-order chi connectivity index (χ0) is 20.5. The Kier molecular flexibility index (Phi) is 8.93. The number of rotatable bonds is 9. The molecule has 2 rings (SSSR count). The molecule has 0 spiro atoms. The molecule has 0 aromatic heterocycles. The topological polar surface area (TPSA) is 61.9 Å². The highest BCUT2D eigenvalue weighted by Crippen LogP contribution is 2.14. The fraction of sp³-hybridized carbons (Fsp3) is 0.636. The molecule has 0 aliphatic carbocycles. The third-order valence-electron chi connectivity index (χ3n) is 5.00. The molecule has 2 amide bonds. The molecule has 0 saturated carbocycles. The van der Waals surface area contributed by atoms with Crippen molar-refractivity contribution in [1.29, 1.82) is 0 Å². The summed E-state index contributed by atoms with van der Waals surface area (Å²) in [5, 5.41) is 2.93. The Morgan fingerprint density at radius 3 is 2.29 bits per heavy atom. The lowest BCUT2D eigenvalue weighted by molar-refractivity contribution is -0.130. The van der Waals surface area contributed by atoms with E-state index in [0.717, 1.165) is 44.8 Å². The van der Waals surface area contributed by atoms with Gasteiger partial charge in [-0.05, 0) is 37.0 Å². The molecule has 1 saturated heterocycles. The van der Waals surface area contributed by atoms with Crippen molar-refractivity contribution >= 4 is 17.5 Å². The normalized spacial score (nSPS) is 16.2. The van der Waals surface area contributed by atoms with Gasteiger partial charge in [0.25, 0.3) is 0 Å². The lowest BCUT2D eigenvalue weighted by Gasteiger charge is -2.34. The standard InChI is InChI=1S/C22H35N3O3/c1-17(2)15-18(3)28-14-9-22(27)23-21-7-5-20(6-8-21)16-24-10-12-25(13-11-24)19(4)26/h5-8,17-18H,9-16H2,1-4H3,(H,23,27)/t18-/m0/s1. The highest BCUT2D eigenvalue weighted by atomic mass is 16.5. The van der Waals surface area contributed by atoms with Crippen LogP contribution in [-0.2, 0) is 20.9 Å². The Balaban J connectivity index is 1.69. The molecule has 0 radical (unpaired) electrons. The van der Waals surface area contributed by atoms with Crippen LogP contribution in [-0.4, -0.2) is 60.5 Å². The van der Waals surface area contributed by atoms with Gasteiger partial charge in [-0.25, -0.2) is 0 Å². The van der Waals surface area contributed by atoms with Gasteiger partial charge in [0.1, 0.15) is 0 Å². The number of piperazine rings is 1. The third-order valence-corrected chi connectivity index (χ3v) is 5.00. The number of anilines is 1. The summed E-state index contributed by atoms with van der Waals surface area (Å²) in [5.41, 5.74) is 2.02. The third kappa shape index (κ3) is 7.98. The van der Waals surface area contributed by atoms with Crippen LogP contribution in [0.15, 0.2) is 24.3 Å². The van der Waals surface area contributed by atoms with Crippen LogP contribution < -0.4 is 5.32 Å². The molecule has 1 N–H and O–H groups in total. The summed E-state index contributed by atoms with van der Waals surface area (Å²) in [6.07, 6.45) is 1.56. The van der Waals surface area contributed by atoms with Gasteiger partial charge in [-0.2, -0.15) is 0 Å². The lowest BCUT2D eigenvalue weighted by Crippen LogP contribution is -2.47. The van der Waals surface area contributed by atoms with Crippen molar-refractivity contribution in [2.75, 3.05) is 38.1 Å². The minimum Gasteiger partial charge on any atom is -0.378 e. The number of benzene rings is 1. The van der Waals surface area contributed by atoms with Gasteiger partial charge in [-0.3, -0.25) is 14.5 Å². The molecule has 1 aliphatic rings. The number of hydrogen-bond donors (Lipinski definition) is 1. The first-order valence-electron chi connectivity index (χ1n) is 10.3. The van der Waals surface area contributed by atoms with Gasteiger partial charge >= 0.3 is 0 Å². The van der Waals surface area contributed by atoms with Crippen molar-refractivity contribution in [2.45, 2.75) is 53.2 Å². The summed E-state index contributed by atoms with van der Waals surface area (Å²) in [6, 6.07) is 7.99. The van der Waals surface area contributed by atoms with Gasteiger partial charge in [0.05, 0.1) is 19.1 Å². The first-order chi connectivity index (χ1) is 13.3. The Hall–Kier alpha value is -1.92. The maximum Gasteiger partial charge on any atom is 0.226 e. The average molecular weight is 390 g/mol. The van der Waals surface area contributed by atoms with Crippen LogP contribution in [0.4, 0.5) is 5.69 Å². The lowest BCUT2D eigenvalue weighted by atomic mass is 10.1. The Morgan fingerprint density at radius 2 is 1.71 bits per heavy atom. The predicted octanol–water partition coefficient (Wildman–Crippen LogP) is 3.13. The van der Waals surface area contributed by atoms with E-state index >= 15 is 0 Å². The Morgan fingerprint density at radius 1 is 1.07 bits per heavy atom. The van der Waals surface area contributed by atoms with Gasteiger partial charge in [0.2, 0.25) is 11.8 Å². The van der Waals surface area contributed by atoms with Crippen LogP contribution in [0.25, 0.3) is 0 Å². The smallest absolute Gasteiger partial charge is 0.226 e. The van der Waals surface area contributed by atoms with E-state index in [-0.39, 0.29) is 17.9 Å². The van der Waals surface area contributed by atoms with Gasteiger partial charge in [0, 0.05) is 45.3 Å². The first-order valence-corrected chi connectivity index (χ1v) is 10.3. The van der Waals surface area contributed by atoms with Crippen LogP contribution in [0.3, 0.4) is 0 Å². The van der Waals surface area contributed by atoms with E-state index in [1.807, 2.05) is 29.2 Å². The monoisotopic (exact) mass is 389 g/mol. The molecule has 6 nitrogen and oxygen atoms in total. The molecule has 6 heteroatoms. The molecule has 1 aromatic carbocycles. The second-order valence-corrected chi connectivity index (χ2v) is 8.09. The minimum atomic E-state index is -0.0233. The maximum absolute atomic E-state index is 12.1. The minimum absolute atomic E-state index is 0.0233. The second kappa shape index (κ2) is 11.2. The zero-order valence-electron chi connectivity index (χ0n) is 17.7. The highest BCUT2D eigenvalue weighted by molar-refractivity contribution is 5.90. The number of hydrogen-bond acceptors (Lipinski definition) is 4. The predicted molar refractivity (Wildman–Crippen MR) is 112 cm³/mol. The van der Waals surface area contributed by atoms with Crippen LogP contribution >= 0.6 is 0 Å². The molecule has 1 aliphatic heterocycles. The van der Waals surface area contributed by atoms with Crippen molar-refractivity contribution < 1.29 is 14.3 Å². The Bertz CT molecular complexity index is 622. The van der Waals surface area contributed by atoms with Crippen molar-refractivity contribution in [3.63, 3.8) is 0 Å². The molecule has 1 fully saturated rings. The summed E-state index contributed by atoms with van der Waals surface area (Å²) >= 11 is 0. The molecular weight excluding hydrogens is 354 g/mol.